The van der Waals surface area contributed by atoms with E-state index in [1.165, 1.54) is 58.7 Å². The van der Waals surface area contributed by atoms with Crippen molar-refractivity contribution in [1.82, 2.24) is 14.9 Å². The van der Waals surface area contributed by atoms with Crippen LogP contribution in [0.2, 0.25) is 0 Å². The summed E-state index contributed by atoms with van der Waals surface area (Å²) in [5, 5.41) is 1.30. The van der Waals surface area contributed by atoms with Crippen molar-refractivity contribution >= 4 is 27.4 Å². The van der Waals surface area contributed by atoms with Crippen molar-refractivity contribution in [3.05, 3.63) is 16.3 Å². The molecule has 3 fully saturated rings. The zero-order chi connectivity index (χ0) is 17.7. The average molecular weight is 373 g/mol. The van der Waals surface area contributed by atoms with Crippen molar-refractivity contribution in [2.75, 3.05) is 44.3 Å². The minimum absolute atomic E-state index is 0.596. The van der Waals surface area contributed by atoms with Gasteiger partial charge in [-0.2, -0.15) is 0 Å². The number of anilines is 1. The van der Waals surface area contributed by atoms with Gasteiger partial charge in [0.1, 0.15) is 16.5 Å². The van der Waals surface area contributed by atoms with Crippen LogP contribution in [0, 0.1) is 19.3 Å². The molecule has 3 aliphatic rings. The van der Waals surface area contributed by atoms with Gasteiger partial charge >= 0.3 is 0 Å². The van der Waals surface area contributed by atoms with E-state index in [0.29, 0.717) is 5.41 Å². The summed E-state index contributed by atoms with van der Waals surface area (Å²) >= 11 is 1.83. The topological polar surface area (TPSA) is 41.5 Å². The second-order valence-electron chi connectivity index (χ2n) is 8.34. The molecule has 4 heterocycles. The molecule has 0 radical (unpaired) electrons. The molecule has 1 spiro atoms. The molecule has 0 aromatic carbocycles. The van der Waals surface area contributed by atoms with E-state index in [9.17, 15) is 0 Å². The summed E-state index contributed by atoms with van der Waals surface area (Å²) in [5.74, 6) is 2.18. The van der Waals surface area contributed by atoms with E-state index in [0.717, 1.165) is 45.2 Å². The van der Waals surface area contributed by atoms with Crippen LogP contribution in [-0.2, 0) is 11.3 Å². The van der Waals surface area contributed by atoms with Gasteiger partial charge in [0.05, 0.1) is 25.1 Å². The standard InChI is InChI=1S/C20H28N4OS/c1-14-15(2)26-19-17(14)18(24-7-3-4-20(13-24)5-6-20)21-16(22-19)12-23-8-10-25-11-9-23/h3-13H2,1-2H3. The molecular weight excluding hydrogens is 344 g/mol. The molecule has 0 atom stereocenters. The van der Waals surface area contributed by atoms with Gasteiger partial charge in [-0.15, -0.1) is 11.3 Å². The van der Waals surface area contributed by atoms with E-state index >= 15 is 0 Å². The first kappa shape index (κ1) is 16.9. The summed E-state index contributed by atoms with van der Waals surface area (Å²) in [4.78, 5) is 17.6. The summed E-state index contributed by atoms with van der Waals surface area (Å²) in [5.41, 5.74) is 1.96. The molecule has 0 unspecified atom stereocenters. The van der Waals surface area contributed by atoms with Crippen LogP contribution in [0.25, 0.3) is 10.2 Å². The van der Waals surface area contributed by atoms with Crippen LogP contribution < -0.4 is 4.90 Å². The molecule has 6 heteroatoms. The highest BCUT2D eigenvalue weighted by molar-refractivity contribution is 7.18. The first-order valence-corrected chi connectivity index (χ1v) is 10.8. The molecule has 0 amide bonds. The van der Waals surface area contributed by atoms with Crippen molar-refractivity contribution in [1.29, 1.82) is 0 Å². The highest BCUT2D eigenvalue weighted by Gasteiger charge is 2.46. The molecule has 0 bridgehead atoms. The van der Waals surface area contributed by atoms with Crippen LogP contribution in [0.5, 0.6) is 0 Å². The van der Waals surface area contributed by atoms with E-state index in [-0.39, 0.29) is 0 Å². The Labute approximate surface area is 159 Å². The van der Waals surface area contributed by atoms with E-state index in [2.05, 4.69) is 23.6 Å². The molecule has 1 aliphatic carbocycles. The molecule has 5 rings (SSSR count). The lowest BCUT2D eigenvalue weighted by Gasteiger charge is -2.34. The lowest BCUT2D eigenvalue weighted by Crippen LogP contribution is -2.38. The summed E-state index contributed by atoms with van der Waals surface area (Å²) in [6.07, 6.45) is 5.51. The van der Waals surface area contributed by atoms with Crippen LogP contribution in [-0.4, -0.2) is 54.3 Å². The zero-order valence-electron chi connectivity index (χ0n) is 15.9. The van der Waals surface area contributed by atoms with E-state index in [4.69, 9.17) is 14.7 Å². The Morgan fingerprint density at radius 1 is 1.08 bits per heavy atom. The number of hydrogen-bond acceptors (Lipinski definition) is 6. The second kappa shape index (κ2) is 6.43. The summed E-state index contributed by atoms with van der Waals surface area (Å²) in [7, 11) is 0. The molecule has 26 heavy (non-hydrogen) atoms. The smallest absolute Gasteiger partial charge is 0.146 e. The fourth-order valence-electron chi connectivity index (χ4n) is 4.50. The number of fused-ring (bicyclic) bond motifs is 1. The Bertz CT molecular complexity index is 823. The van der Waals surface area contributed by atoms with Gasteiger partial charge in [-0.05, 0) is 50.5 Å². The third-order valence-corrected chi connectivity index (χ3v) is 7.54. The maximum atomic E-state index is 5.49. The van der Waals surface area contributed by atoms with Gasteiger partial charge in [0.2, 0.25) is 0 Å². The van der Waals surface area contributed by atoms with Gasteiger partial charge < -0.3 is 9.64 Å². The Balaban J connectivity index is 1.53. The van der Waals surface area contributed by atoms with Gasteiger partial charge in [0, 0.05) is 31.1 Å². The molecule has 2 aliphatic heterocycles. The maximum absolute atomic E-state index is 5.49. The number of piperidine rings is 1. The quantitative estimate of drug-likeness (QED) is 0.825. The number of rotatable bonds is 3. The third kappa shape index (κ3) is 3.02. The van der Waals surface area contributed by atoms with Crippen LogP contribution >= 0.6 is 11.3 Å². The maximum Gasteiger partial charge on any atom is 0.146 e. The fraction of sp³-hybridized carbons (Fsp3) is 0.700. The Morgan fingerprint density at radius 2 is 1.88 bits per heavy atom. The van der Waals surface area contributed by atoms with Crippen molar-refractivity contribution in [3.63, 3.8) is 0 Å². The third-order valence-electron chi connectivity index (χ3n) is 6.44. The number of aryl methyl sites for hydroxylation is 2. The average Bonchev–Trinajstić information content (AvgIpc) is 3.32. The molecule has 0 N–H and O–H groups in total. The van der Waals surface area contributed by atoms with Crippen molar-refractivity contribution in [2.45, 2.75) is 46.1 Å². The Morgan fingerprint density at radius 3 is 2.65 bits per heavy atom. The first-order chi connectivity index (χ1) is 12.6. The van der Waals surface area contributed by atoms with E-state index in [1.807, 2.05) is 11.3 Å². The number of morpholine rings is 1. The largest absolute Gasteiger partial charge is 0.379 e. The second-order valence-corrected chi connectivity index (χ2v) is 9.54. The Hall–Kier alpha value is -1.24. The Kier molecular flexibility index (Phi) is 4.18. The molecule has 2 saturated heterocycles. The number of ether oxygens (including phenoxy) is 1. The minimum Gasteiger partial charge on any atom is -0.379 e. The number of thiophene rings is 1. The highest BCUT2D eigenvalue weighted by Crippen LogP contribution is 2.53. The molecule has 140 valence electrons. The number of nitrogens with zero attached hydrogens (tertiary/aromatic N) is 4. The van der Waals surface area contributed by atoms with Crippen molar-refractivity contribution in [3.8, 4) is 0 Å². The van der Waals surface area contributed by atoms with Crippen LogP contribution in [0.3, 0.4) is 0 Å². The summed E-state index contributed by atoms with van der Waals surface area (Å²) in [6, 6.07) is 0. The predicted octanol–water partition coefficient (Wildman–Crippen LogP) is 3.52. The normalized spacial score (nSPS) is 23.1. The fourth-order valence-corrected chi connectivity index (χ4v) is 5.55. The highest BCUT2D eigenvalue weighted by atomic mass is 32.1. The zero-order valence-corrected chi connectivity index (χ0v) is 16.7. The molecule has 2 aromatic rings. The van der Waals surface area contributed by atoms with Gasteiger partial charge in [0.15, 0.2) is 0 Å². The monoisotopic (exact) mass is 372 g/mol. The molecule has 5 nitrogen and oxygen atoms in total. The van der Waals surface area contributed by atoms with Gasteiger partial charge in [-0.1, -0.05) is 0 Å². The predicted molar refractivity (Wildman–Crippen MR) is 106 cm³/mol. The minimum atomic E-state index is 0.596. The van der Waals surface area contributed by atoms with Gasteiger partial charge in [-0.3, -0.25) is 4.90 Å². The van der Waals surface area contributed by atoms with Crippen molar-refractivity contribution in [2.24, 2.45) is 5.41 Å². The lowest BCUT2D eigenvalue weighted by molar-refractivity contribution is 0.0331. The van der Waals surface area contributed by atoms with Gasteiger partial charge in [0.25, 0.3) is 0 Å². The van der Waals surface area contributed by atoms with Crippen molar-refractivity contribution < 1.29 is 4.74 Å². The number of hydrogen-bond donors (Lipinski definition) is 0. The van der Waals surface area contributed by atoms with Crippen LogP contribution in [0.1, 0.15) is 41.9 Å². The number of aromatic nitrogens is 2. The molecular formula is C20H28N4OS. The first-order valence-electron chi connectivity index (χ1n) is 9.95. The van der Waals surface area contributed by atoms with Crippen LogP contribution in [0.4, 0.5) is 5.82 Å². The summed E-state index contributed by atoms with van der Waals surface area (Å²) < 4.78 is 5.49. The van der Waals surface area contributed by atoms with E-state index in [1.54, 1.807) is 0 Å². The van der Waals surface area contributed by atoms with Gasteiger partial charge in [-0.25, -0.2) is 9.97 Å². The summed E-state index contributed by atoms with van der Waals surface area (Å²) in [6.45, 7) is 11.2. The molecule has 2 aromatic heterocycles. The SMILES string of the molecule is Cc1sc2nc(CN3CCOCC3)nc(N3CCCC4(CC4)C3)c2c1C. The van der Waals surface area contributed by atoms with E-state index < -0.39 is 0 Å². The van der Waals surface area contributed by atoms with Crippen LogP contribution in [0.15, 0.2) is 0 Å². The molecule has 1 saturated carbocycles. The lowest BCUT2D eigenvalue weighted by atomic mass is 9.95.